The lowest BCUT2D eigenvalue weighted by atomic mass is 10.2. The highest BCUT2D eigenvalue weighted by Gasteiger charge is 2.11. The van der Waals surface area contributed by atoms with Gasteiger partial charge in [0.1, 0.15) is 0 Å². The Kier molecular flexibility index (Phi) is 5.24. The predicted octanol–water partition coefficient (Wildman–Crippen LogP) is 2.61. The third-order valence-corrected chi connectivity index (χ3v) is 3.37. The van der Waals surface area contributed by atoms with Gasteiger partial charge >= 0.3 is 0 Å². The number of benzene rings is 1. The van der Waals surface area contributed by atoms with E-state index in [1.54, 1.807) is 0 Å². The van der Waals surface area contributed by atoms with Crippen molar-refractivity contribution in [2.45, 2.75) is 31.1 Å². The maximum atomic E-state index is 10.9. The van der Waals surface area contributed by atoms with E-state index < -0.39 is 10.1 Å². The first-order valence-corrected chi connectivity index (χ1v) is 7.11. The van der Waals surface area contributed by atoms with Crippen molar-refractivity contribution in [2.24, 2.45) is 5.29 Å². The molecule has 0 aliphatic rings. The number of hydrogen-bond donors (Lipinski definition) is 1. The summed E-state index contributed by atoms with van der Waals surface area (Å²) in [6.07, 6.45) is 2.87. The Morgan fingerprint density at radius 3 is 2.28 bits per heavy atom. The lowest BCUT2D eigenvalue weighted by molar-refractivity contribution is 0.483. The summed E-state index contributed by atoms with van der Waals surface area (Å²) in [6.45, 7) is 2.54. The molecular formula is C11H16N2O4S. The molecule has 0 atom stereocenters. The first-order chi connectivity index (χ1) is 8.49. The maximum Gasteiger partial charge on any atom is 0.294 e. The van der Waals surface area contributed by atoms with Crippen LogP contribution in [0.15, 0.2) is 34.4 Å². The summed E-state index contributed by atoms with van der Waals surface area (Å²) in [4.78, 5) is 10.5. The molecule has 0 heterocycles. The fraction of sp³-hybridized carbons (Fsp3) is 0.455. The molecule has 1 N–H and O–H groups in total. The Morgan fingerprint density at radius 1 is 1.22 bits per heavy atom. The van der Waals surface area contributed by atoms with E-state index in [0.717, 1.165) is 19.3 Å². The van der Waals surface area contributed by atoms with Crippen LogP contribution in [-0.4, -0.2) is 19.5 Å². The van der Waals surface area contributed by atoms with Gasteiger partial charge in [0.05, 0.1) is 15.9 Å². The Morgan fingerprint density at radius 2 is 1.83 bits per heavy atom. The van der Waals surface area contributed by atoms with E-state index in [1.807, 2.05) is 0 Å². The monoisotopic (exact) mass is 272 g/mol. The Balaban J connectivity index is 2.79. The Labute approximate surface area is 106 Å². The molecule has 18 heavy (non-hydrogen) atoms. The third-order valence-electron chi connectivity index (χ3n) is 2.50. The maximum absolute atomic E-state index is 10.9. The van der Waals surface area contributed by atoms with Crippen molar-refractivity contribution < 1.29 is 13.0 Å². The van der Waals surface area contributed by atoms with Gasteiger partial charge in [-0.25, -0.2) is 5.01 Å². The van der Waals surface area contributed by atoms with Crippen LogP contribution >= 0.6 is 0 Å². The van der Waals surface area contributed by atoms with Crippen molar-refractivity contribution >= 4 is 15.8 Å². The SMILES string of the molecule is CCCCCN(N=O)c1ccc(S(=O)(=O)O)cc1. The van der Waals surface area contributed by atoms with Gasteiger partial charge in [0.25, 0.3) is 10.1 Å². The van der Waals surface area contributed by atoms with E-state index >= 15 is 0 Å². The topological polar surface area (TPSA) is 87.0 Å². The average Bonchev–Trinajstić information content (AvgIpc) is 2.34. The van der Waals surface area contributed by atoms with Crippen LogP contribution in [0.1, 0.15) is 26.2 Å². The number of nitroso groups, excluding NO2 is 1. The molecule has 1 aromatic rings. The fourth-order valence-electron chi connectivity index (χ4n) is 1.52. The van der Waals surface area contributed by atoms with Crippen LogP contribution in [0.4, 0.5) is 5.69 Å². The molecule has 0 fully saturated rings. The molecule has 0 amide bonds. The van der Waals surface area contributed by atoms with Crippen LogP contribution in [0.2, 0.25) is 0 Å². The van der Waals surface area contributed by atoms with Gasteiger partial charge in [0.15, 0.2) is 0 Å². The zero-order valence-corrected chi connectivity index (χ0v) is 10.9. The summed E-state index contributed by atoms with van der Waals surface area (Å²) in [5, 5.41) is 4.16. The molecule has 1 rings (SSSR count). The molecule has 6 nitrogen and oxygen atoms in total. The molecule has 0 aromatic heterocycles. The summed E-state index contributed by atoms with van der Waals surface area (Å²) in [6, 6.07) is 5.36. The average molecular weight is 272 g/mol. The molecule has 0 aliphatic heterocycles. The Bertz CT molecular complexity index is 484. The highest BCUT2D eigenvalue weighted by molar-refractivity contribution is 7.85. The van der Waals surface area contributed by atoms with Crippen LogP contribution in [0, 0.1) is 4.91 Å². The molecule has 0 radical (unpaired) electrons. The zero-order chi connectivity index (χ0) is 13.6. The standard InChI is InChI=1S/C11H16N2O4S/c1-2-3-4-9-13(12-14)10-5-7-11(8-6-10)18(15,16)17/h5-8H,2-4,9H2,1H3,(H,15,16,17). The minimum Gasteiger partial charge on any atom is -0.282 e. The summed E-state index contributed by atoms with van der Waals surface area (Å²) in [7, 11) is -4.20. The van der Waals surface area contributed by atoms with Gasteiger partial charge in [-0.15, -0.1) is 4.91 Å². The zero-order valence-electron chi connectivity index (χ0n) is 10.1. The number of rotatable bonds is 7. The van der Waals surface area contributed by atoms with Crippen molar-refractivity contribution in [3.8, 4) is 0 Å². The van der Waals surface area contributed by atoms with Gasteiger partial charge in [-0.2, -0.15) is 8.42 Å². The number of unbranched alkanes of at least 4 members (excludes halogenated alkanes) is 2. The summed E-state index contributed by atoms with van der Waals surface area (Å²) >= 11 is 0. The van der Waals surface area contributed by atoms with Crippen molar-refractivity contribution in [3.63, 3.8) is 0 Å². The molecule has 0 aliphatic carbocycles. The smallest absolute Gasteiger partial charge is 0.282 e. The van der Waals surface area contributed by atoms with E-state index in [0.29, 0.717) is 12.2 Å². The molecule has 7 heteroatoms. The first-order valence-electron chi connectivity index (χ1n) is 5.67. The van der Waals surface area contributed by atoms with E-state index in [1.165, 1.54) is 29.3 Å². The highest BCUT2D eigenvalue weighted by Crippen LogP contribution is 2.18. The van der Waals surface area contributed by atoms with Crippen LogP contribution < -0.4 is 5.01 Å². The molecule has 1 aromatic carbocycles. The number of anilines is 1. The van der Waals surface area contributed by atoms with Crippen LogP contribution in [-0.2, 0) is 10.1 Å². The van der Waals surface area contributed by atoms with E-state index in [4.69, 9.17) is 4.55 Å². The summed E-state index contributed by atoms with van der Waals surface area (Å²) < 4.78 is 30.5. The lowest BCUT2D eigenvalue weighted by Crippen LogP contribution is -2.16. The van der Waals surface area contributed by atoms with Gasteiger partial charge in [-0.3, -0.25) is 4.55 Å². The van der Waals surface area contributed by atoms with Crippen molar-refractivity contribution in [1.82, 2.24) is 0 Å². The minimum atomic E-state index is -4.20. The molecular weight excluding hydrogens is 256 g/mol. The largest absolute Gasteiger partial charge is 0.294 e. The van der Waals surface area contributed by atoms with Crippen LogP contribution in [0.25, 0.3) is 0 Å². The van der Waals surface area contributed by atoms with Gasteiger partial charge in [-0.05, 0) is 30.7 Å². The quantitative estimate of drug-likeness (QED) is 0.357. The first kappa shape index (κ1) is 14.6. The van der Waals surface area contributed by atoms with E-state index in [2.05, 4.69) is 12.2 Å². The Hall–Kier alpha value is -1.47. The third kappa shape index (κ3) is 4.08. The number of hydrogen-bond acceptors (Lipinski definition) is 4. The van der Waals surface area contributed by atoms with Gasteiger partial charge in [0, 0.05) is 6.54 Å². The summed E-state index contributed by atoms with van der Waals surface area (Å²) in [5.41, 5.74) is 0.508. The van der Waals surface area contributed by atoms with Crippen molar-refractivity contribution in [2.75, 3.05) is 11.6 Å². The second-order valence-corrected chi connectivity index (χ2v) is 5.30. The van der Waals surface area contributed by atoms with Crippen molar-refractivity contribution in [1.29, 1.82) is 0 Å². The molecule has 0 saturated heterocycles. The highest BCUT2D eigenvalue weighted by atomic mass is 32.2. The van der Waals surface area contributed by atoms with Crippen LogP contribution in [0.5, 0.6) is 0 Å². The predicted molar refractivity (Wildman–Crippen MR) is 68.9 cm³/mol. The van der Waals surface area contributed by atoms with Gasteiger partial charge in [-0.1, -0.05) is 19.8 Å². The van der Waals surface area contributed by atoms with Crippen LogP contribution in [0.3, 0.4) is 0 Å². The molecule has 0 unspecified atom stereocenters. The van der Waals surface area contributed by atoms with Crippen molar-refractivity contribution in [3.05, 3.63) is 29.2 Å². The number of nitrogens with zero attached hydrogens (tertiary/aromatic N) is 2. The van der Waals surface area contributed by atoms with Gasteiger partial charge < -0.3 is 0 Å². The molecule has 0 spiro atoms. The minimum absolute atomic E-state index is 0.203. The van der Waals surface area contributed by atoms with Gasteiger partial charge in [0.2, 0.25) is 0 Å². The normalized spacial score (nSPS) is 11.2. The molecule has 0 bridgehead atoms. The molecule has 0 saturated carbocycles. The second-order valence-electron chi connectivity index (χ2n) is 3.88. The van der Waals surface area contributed by atoms with E-state index in [9.17, 15) is 13.3 Å². The molecule has 100 valence electrons. The van der Waals surface area contributed by atoms with E-state index in [-0.39, 0.29) is 4.90 Å². The second kappa shape index (κ2) is 6.46. The fourth-order valence-corrected chi connectivity index (χ4v) is 2.00. The summed E-state index contributed by atoms with van der Waals surface area (Å²) in [5.74, 6) is 0. The lowest BCUT2D eigenvalue weighted by Gasteiger charge is -2.14.